The third-order valence-electron chi connectivity index (χ3n) is 5.84. The van der Waals surface area contributed by atoms with Gasteiger partial charge in [-0.05, 0) is 56.1 Å². The average molecular weight is 359 g/mol. The quantitative estimate of drug-likeness (QED) is 0.788. The fourth-order valence-electron chi connectivity index (χ4n) is 4.60. The van der Waals surface area contributed by atoms with Crippen LogP contribution in [0.4, 0.5) is 10.1 Å². The number of amides is 1. The lowest BCUT2D eigenvalue weighted by molar-refractivity contribution is -0.146. The van der Waals surface area contributed by atoms with Crippen LogP contribution in [-0.4, -0.2) is 23.1 Å². The molecular weight excluding hydrogens is 337 g/mol. The Morgan fingerprint density at radius 1 is 1.12 bits per heavy atom. The first kappa shape index (κ1) is 17.1. The Morgan fingerprint density at radius 3 is 2.46 bits per heavy atom. The zero-order valence-electron chi connectivity index (χ0n) is 14.4. The Hall–Kier alpha value is -2.37. The van der Waals surface area contributed by atoms with Crippen molar-refractivity contribution in [3.05, 3.63) is 36.2 Å². The van der Waals surface area contributed by atoms with Crippen LogP contribution in [0.2, 0.25) is 0 Å². The number of ether oxygens (including phenoxy) is 1. The summed E-state index contributed by atoms with van der Waals surface area (Å²) >= 11 is 0. The van der Waals surface area contributed by atoms with Gasteiger partial charge in [0.25, 0.3) is 0 Å². The van der Waals surface area contributed by atoms with Gasteiger partial charge in [0, 0.05) is 11.8 Å². The molecular formula is C20H22FNO4. The van der Waals surface area contributed by atoms with E-state index in [0.717, 1.165) is 25.7 Å². The summed E-state index contributed by atoms with van der Waals surface area (Å²) in [6.07, 6.45) is 8.64. The highest BCUT2D eigenvalue weighted by molar-refractivity contribution is 5.96. The second kappa shape index (κ2) is 6.74. The molecule has 1 amide bonds. The second-order valence-corrected chi connectivity index (χ2v) is 7.50. The third kappa shape index (κ3) is 3.08. The fraction of sp³-hybridized carbons (Fsp3) is 0.500. The summed E-state index contributed by atoms with van der Waals surface area (Å²) in [7, 11) is 0. The number of benzene rings is 1. The van der Waals surface area contributed by atoms with E-state index in [1.54, 1.807) is 6.07 Å². The number of rotatable bonds is 5. The van der Waals surface area contributed by atoms with E-state index in [2.05, 4.69) is 5.32 Å². The minimum absolute atomic E-state index is 0.0575. The van der Waals surface area contributed by atoms with Crippen LogP contribution in [0, 0.1) is 29.5 Å². The number of carbonyl (C=O) groups excluding carboxylic acids is 1. The highest BCUT2D eigenvalue weighted by atomic mass is 19.1. The summed E-state index contributed by atoms with van der Waals surface area (Å²) in [4.78, 5) is 24.2. The molecule has 0 aliphatic heterocycles. The van der Waals surface area contributed by atoms with Crippen molar-refractivity contribution in [3.8, 4) is 5.75 Å². The van der Waals surface area contributed by atoms with Crippen molar-refractivity contribution >= 4 is 17.6 Å². The lowest BCUT2D eigenvalue weighted by atomic mass is 9.82. The Kier molecular flexibility index (Phi) is 4.42. The van der Waals surface area contributed by atoms with Crippen molar-refractivity contribution in [2.24, 2.45) is 23.7 Å². The molecule has 138 valence electrons. The van der Waals surface area contributed by atoms with Crippen molar-refractivity contribution in [1.29, 1.82) is 0 Å². The monoisotopic (exact) mass is 359 g/mol. The van der Waals surface area contributed by atoms with Gasteiger partial charge in [0.1, 0.15) is 0 Å². The van der Waals surface area contributed by atoms with Crippen LogP contribution in [0.15, 0.2) is 30.4 Å². The molecule has 0 radical (unpaired) electrons. The van der Waals surface area contributed by atoms with E-state index in [-0.39, 0.29) is 29.6 Å². The van der Waals surface area contributed by atoms with Crippen molar-refractivity contribution in [2.45, 2.75) is 38.2 Å². The van der Waals surface area contributed by atoms with Crippen molar-refractivity contribution in [2.75, 3.05) is 5.32 Å². The van der Waals surface area contributed by atoms with Gasteiger partial charge in [-0.25, -0.2) is 4.39 Å². The first-order valence-corrected chi connectivity index (χ1v) is 9.21. The number of nitrogens with one attached hydrogen (secondary N) is 1. The molecule has 2 saturated carbocycles. The number of carbonyl (C=O) groups is 2. The maximum Gasteiger partial charge on any atom is 0.307 e. The van der Waals surface area contributed by atoms with Crippen molar-refractivity contribution in [1.82, 2.24) is 0 Å². The Labute approximate surface area is 151 Å². The second-order valence-electron chi connectivity index (χ2n) is 7.50. The van der Waals surface area contributed by atoms with Gasteiger partial charge in [-0.2, -0.15) is 0 Å². The standard InChI is InChI=1S/C20H22FNO4/c21-15-10-13(7-8-16(15)26-14-3-1-2-4-14)22-19(23)17-11-5-6-12(9-11)18(17)20(24)25/h5-8,10-12,14,17-18H,1-4,9H2,(H,22,23)(H,24,25). The van der Waals surface area contributed by atoms with E-state index >= 15 is 0 Å². The summed E-state index contributed by atoms with van der Waals surface area (Å²) in [6, 6.07) is 4.36. The first-order valence-electron chi connectivity index (χ1n) is 9.21. The van der Waals surface area contributed by atoms with Gasteiger partial charge in [-0.15, -0.1) is 0 Å². The molecule has 2 fully saturated rings. The number of hydrogen-bond donors (Lipinski definition) is 2. The number of fused-ring (bicyclic) bond motifs is 2. The van der Waals surface area contributed by atoms with Crippen LogP contribution in [0.25, 0.3) is 0 Å². The molecule has 2 N–H and O–H groups in total. The molecule has 1 aromatic rings. The Bertz CT molecular complexity index is 756. The zero-order chi connectivity index (χ0) is 18.3. The first-order chi connectivity index (χ1) is 12.5. The van der Waals surface area contributed by atoms with E-state index in [1.165, 1.54) is 12.1 Å². The van der Waals surface area contributed by atoms with Crippen LogP contribution in [0.1, 0.15) is 32.1 Å². The topological polar surface area (TPSA) is 75.6 Å². The lowest BCUT2D eigenvalue weighted by Crippen LogP contribution is -2.36. The molecule has 0 aromatic heterocycles. The van der Waals surface area contributed by atoms with E-state index in [1.807, 2.05) is 12.2 Å². The number of carboxylic acid groups (broad SMARTS) is 1. The van der Waals surface area contributed by atoms with Gasteiger partial charge < -0.3 is 15.2 Å². The van der Waals surface area contributed by atoms with Crippen LogP contribution in [0.5, 0.6) is 5.75 Å². The van der Waals surface area contributed by atoms with Gasteiger partial charge in [-0.3, -0.25) is 9.59 Å². The molecule has 3 aliphatic carbocycles. The van der Waals surface area contributed by atoms with Gasteiger partial charge in [-0.1, -0.05) is 12.2 Å². The maximum absolute atomic E-state index is 14.3. The zero-order valence-corrected chi connectivity index (χ0v) is 14.4. The number of halogens is 1. The molecule has 4 unspecified atom stereocenters. The Balaban J connectivity index is 1.45. The molecule has 3 aliphatic rings. The smallest absolute Gasteiger partial charge is 0.307 e. The van der Waals surface area contributed by atoms with Crippen LogP contribution in [-0.2, 0) is 9.59 Å². The summed E-state index contributed by atoms with van der Waals surface area (Å²) in [5.74, 6) is -3.10. The predicted molar refractivity (Wildman–Crippen MR) is 93.3 cm³/mol. The van der Waals surface area contributed by atoms with Gasteiger partial charge in [0.15, 0.2) is 11.6 Å². The highest BCUT2D eigenvalue weighted by Gasteiger charge is 2.51. The number of hydrogen-bond acceptors (Lipinski definition) is 3. The number of carboxylic acids is 1. The molecule has 26 heavy (non-hydrogen) atoms. The van der Waals surface area contributed by atoms with Gasteiger partial charge >= 0.3 is 5.97 Å². The van der Waals surface area contributed by atoms with E-state index in [0.29, 0.717) is 12.1 Å². The lowest BCUT2D eigenvalue weighted by Gasteiger charge is -2.24. The molecule has 4 atom stereocenters. The number of allylic oxidation sites excluding steroid dienone is 2. The number of aliphatic carboxylic acids is 1. The van der Waals surface area contributed by atoms with Gasteiger partial charge in [0.05, 0.1) is 17.9 Å². The molecule has 0 heterocycles. The normalized spacial score (nSPS) is 29.9. The number of anilines is 1. The molecule has 5 nitrogen and oxygen atoms in total. The molecule has 6 heteroatoms. The average Bonchev–Trinajstić information content (AvgIpc) is 3.33. The van der Waals surface area contributed by atoms with Gasteiger partial charge in [0.2, 0.25) is 5.91 Å². The van der Waals surface area contributed by atoms with Crippen LogP contribution in [0.3, 0.4) is 0 Å². The van der Waals surface area contributed by atoms with Crippen LogP contribution < -0.4 is 10.1 Å². The minimum atomic E-state index is -0.950. The molecule has 4 rings (SSSR count). The predicted octanol–water partition coefficient (Wildman–Crippen LogP) is 3.61. The van der Waals surface area contributed by atoms with E-state index < -0.39 is 23.6 Å². The summed E-state index contributed by atoms with van der Waals surface area (Å²) in [5.41, 5.74) is 0.321. The highest BCUT2D eigenvalue weighted by Crippen LogP contribution is 2.48. The molecule has 0 spiro atoms. The Morgan fingerprint density at radius 2 is 1.81 bits per heavy atom. The molecule has 0 saturated heterocycles. The van der Waals surface area contributed by atoms with Crippen molar-refractivity contribution < 1.29 is 23.8 Å². The fourth-order valence-corrected chi connectivity index (χ4v) is 4.60. The molecule has 1 aromatic carbocycles. The van der Waals surface area contributed by atoms with E-state index in [4.69, 9.17) is 4.74 Å². The van der Waals surface area contributed by atoms with Crippen LogP contribution >= 0.6 is 0 Å². The van der Waals surface area contributed by atoms with Crippen molar-refractivity contribution in [3.63, 3.8) is 0 Å². The third-order valence-corrected chi connectivity index (χ3v) is 5.84. The maximum atomic E-state index is 14.3. The summed E-state index contributed by atoms with van der Waals surface area (Å²) in [5, 5.41) is 12.1. The minimum Gasteiger partial charge on any atom is -0.487 e. The largest absolute Gasteiger partial charge is 0.487 e. The molecule has 2 bridgehead atoms. The van der Waals surface area contributed by atoms with E-state index in [9.17, 15) is 19.1 Å². The SMILES string of the molecule is O=C(O)C1C2C=CC(C2)C1C(=O)Nc1ccc(OC2CCCC2)c(F)c1. The summed E-state index contributed by atoms with van der Waals surface area (Å²) in [6.45, 7) is 0. The summed E-state index contributed by atoms with van der Waals surface area (Å²) < 4.78 is 20.0.